The molecule has 132 valence electrons. The van der Waals surface area contributed by atoms with Crippen LogP contribution < -0.4 is 0 Å². The highest BCUT2D eigenvalue weighted by Gasteiger charge is 2.57. The van der Waals surface area contributed by atoms with Crippen LogP contribution in [0.2, 0.25) is 0 Å². The van der Waals surface area contributed by atoms with E-state index in [4.69, 9.17) is 4.74 Å². The molecule has 3 atom stereocenters. The zero-order valence-electron chi connectivity index (χ0n) is 15.5. The van der Waals surface area contributed by atoms with Gasteiger partial charge in [0, 0.05) is 17.8 Å². The summed E-state index contributed by atoms with van der Waals surface area (Å²) in [6.45, 7) is 6.12. The van der Waals surface area contributed by atoms with Crippen molar-refractivity contribution in [2.45, 2.75) is 63.4 Å². The smallest absolute Gasteiger partial charge is 0.302 e. The molecule has 2 aromatic carbocycles. The first kappa shape index (κ1) is 17.7. The Morgan fingerprint density at radius 3 is 2.12 bits per heavy atom. The first-order valence-corrected chi connectivity index (χ1v) is 9.33. The highest BCUT2D eigenvalue weighted by atomic mass is 16.5. The third kappa shape index (κ3) is 2.88. The number of ether oxygens (including phenoxy) is 1. The molecule has 0 heterocycles. The van der Waals surface area contributed by atoms with E-state index in [9.17, 15) is 4.79 Å². The Kier molecular flexibility index (Phi) is 4.99. The van der Waals surface area contributed by atoms with Crippen LogP contribution in [0.1, 0.15) is 57.6 Å². The SMILES string of the molecule is CCC1(c2ccccc2)C(OC(C)=O)CCCC1(C)c1ccccc1. The summed E-state index contributed by atoms with van der Waals surface area (Å²) in [5.74, 6) is -0.184. The molecule has 0 spiro atoms. The van der Waals surface area contributed by atoms with E-state index in [2.05, 4.69) is 74.5 Å². The Labute approximate surface area is 151 Å². The van der Waals surface area contributed by atoms with E-state index in [1.54, 1.807) is 0 Å². The summed E-state index contributed by atoms with van der Waals surface area (Å²) in [6, 6.07) is 21.4. The maximum absolute atomic E-state index is 11.9. The van der Waals surface area contributed by atoms with Gasteiger partial charge in [-0.3, -0.25) is 4.79 Å². The number of benzene rings is 2. The van der Waals surface area contributed by atoms with Crippen molar-refractivity contribution in [3.05, 3.63) is 71.8 Å². The van der Waals surface area contributed by atoms with Gasteiger partial charge in [0.25, 0.3) is 0 Å². The van der Waals surface area contributed by atoms with Crippen LogP contribution in [0.3, 0.4) is 0 Å². The van der Waals surface area contributed by atoms with Crippen LogP contribution in [0.25, 0.3) is 0 Å². The molecule has 0 aliphatic heterocycles. The molecule has 3 unspecified atom stereocenters. The average Bonchev–Trinajstić information content (AvgIpc) is 2.63. The van der Waals surface area contributed by atoms with Gasteiger partial charge in [0.05, 0.1) is 0 Å². The Hall–Kier alpha value is -2.09. The van der Waals surface area contributed by atoms with Crippen molar-refractivity contribution in [1.82, 2.24) is 0 Å². The third-order valence-corrected chi connectivity index (χ3v) is 6.24. The molecule has 0 amide bonds. The van der Waals surface area contributed by atoms with E-state index in [-0.39, 0.29) is 22.9 Å². The summed E-state index contributed by atoms with van der Waals surface area (Å²) in [7, 11) is 0. The molecule has 0 aromatic heterocycles. The molecule has 2 aromatic rings. The second-order valence-corrected chi connectivity index (χ2v) is 7.38. The number of hydrogen-bond acceptors (Lipinski definition) is 2. The van der Waals surface area contributed by atoms with Crippen molar-refractivity contribution in [1.29, 1.82) is 0 Å². The van der Waals surface area contributed by atoms with Gasteiger partial charge < -0.3 is 4.74 Å². The van der Waals surface area contributed by atoms with E-state index in [1.165, 1.54) is 18.1 Å². The van der Waals surface area contributed by atoms with Gasteiger partial charge in [0.2, 0.25) is 0 Å². The van der Waals surface area contributed by atoms with Crippen molar-refractivity contribution >= 4 is 5.97 Å². The van der Waals surface area contributed by atoms with E-state index in [0.717, 1.165) is 25.7 Å². The number of carbonyl (C=O) groups excluding carboxylic acids is 1. The van der Waals surface area contributed by atoms with Gasteiger partial charge in [-0.05, 0) is 36.8 Å². The topological polar surface area (TPSA) is 26.3 Å². The minimum absolute atomic E-state index is 0.0806. The number of esters is 1. The lowest BCUT2D eigenvalue weighted by atomic mass is 9.49. The van der Waals surface area contributed by atoms with Crippen molar-refractivity contribution in [3.63, 3.8) is 0 Å². The highest BCUT2D eigenvalue weighted by Crippen LogP contribution is 2.56. The van der Waals surface area contributed by atoms with Crippen molar-refractivity contribution < 1.29 is 9.53 Å². The number of carbonyl (C=O) groups is 1. The molecule has 3 rings (SSSR count). The maximum atomic E-state index is 11.9. The van der Waals surface area contributed by atoms with E-state index < -0.39 is 0 Å². The largest absolute Gasteiger partial charge is 0.462 e. The Bertz CT molecular complexity index is 709. The van der Waals surface area contributed by atoms with E-state index in [1.807, 2.05) is 0 Å². The average molecular weight is 336 g/mol. The maximum Gasteiger partial charge on any atom is 0.302 e. The van der Waals surface area contributed by atoms with Crippen molar-refractivity contribution in [3.8, 4) is 0 Å². The molecular formula is C23H28O2. The molecule has 0 saturated heterocycles. The van der Waals surface area contributed by atoms with Crippen LogP contribution in [0.4, 0.5) is 0 Å². The molecule has 1 saturated carbocycles. The molecule has 1 aliphatic rings. The van der Waals surface area contributed by atoms with Crippen molar-refractivity contribution in [2.75, 3.05) is 0 Å². The van der Waals surface area contributed by atoms with Crippen LogP contribution in [-0.2, 0) is 20.4 Å². The lowest BCUT2D eigenvalue weighted by Crippen LogP contribution is -2.58. The monoisotopic (exact) mass is 336 g/mol. The normalized spacial score (nSPS) is 29.2. The zero-order chi connectivity index (χ0) is 17.9. The zero-order valence-corrected chi connectivity index (χ0v) is 15.5. The van der Waals surface area contributed by atoms with E-state index >= 15 is 0 Å². The highest BCUT2D eigenvalue weighted by molar-refractivity contribution is 5.66. The Balaban J connectivity index is 2.23. The van der Waals surface area contributed by atoms with Gasteiger partial charge >= 0.3 is 5.97 Å². The predicted molar refractivity (Wildman–Crippen MR) is 102 cm³/mol. The quantitative estimate of drug-likeness (QED) is 0.698. The van der Waals surface area contributed by atoms with Crippen LogP contribution in [0, 0.1) is 0 Å². The van der Waals surface area contributed by atoms with Gasteiger partial charge in [-0.15, -0.1) is 0 Å². The molecule has 2 heteroatoms. The molecular weight excluding hydrogens is 308 g/mol. The van der Waals surface area contributed by atoms with Crippen molar-refractivity contribution in [2.24, 2.45) is 0 Å². The summed E-state index contributed by atoms with van der Waals surface area (Å²) >= 11 is 0. The van der Waals surface area contributed by atoms with Gasteiger partial charge in [0.15, 0.2) is 0 Å². The molecule has 1 fully saturated rings. The standard InChI is InChI=1S/C23H28O2/c1-4-23(20-14-9-6-10-15-20)21(25-18(2)24)16-11-17-22(23,3)19-12-7-5-8-13-19/h5-10,12-15,21H,4,11,16-17H2,1-3H3. The lowest BCUT2D eigenvalue weighted by Gasteiger charge is -2.56. The second kappa shape index (κ2) is 7.03. The van der Waals surface area contributed by atoms with Gasteiger partial charge in [-0.25, -0.2) is 0 Å². The predicted octanol–water partition coefficient (Wildman–Crippen LogP) is 5.41. The summed E-state index contributed by atoms with van der Waals surface area (Å²) in [6.07, 6.45) is 3.91. The Morgan fingerprint density at radius 1 is 1.04 bits per heavy atom. The molecule has 2 nitrogen and oxygen atoms in total. The minimum Gasteiger partial charge on any atom is -0.462 e. The fraction of sp³-hybridized carbons (Fsp3) is 0.435. The third-order valence-electron chi connectivity index (χ3n) is 6.24. The fourth-order valence-electron chi connectivity index (χ4n) is 5.10. The van der Waals surface area contributed by atoms with Crippen LogP contribution in [0.5, 0.6) is 0 Å². The molecule has 25 heavy (non-hydrogen) atoms. The van der Waals surface area contributed by atoms with Crippen LogP contribution >= 0.6 is 0 Å². The van der Waals surface area contributed by atoms with Gasteiger partial charge in [0.1, 0.15) is 6.10 Å². The number of hydrogen-bond donors (Lipinski definition) is 0. The first-order valence-electron chi connectivity index (χ1n) is 9.33. The Morgan fingerprint density at radius 2 is 1.60 bits per heavy atom. The lowest BCUT2D eigenvalue weighted by molar-refractivity contribution is -0.156. The molecule has 0 N–H and O–H groups in total. The minimum atomic E-state index is -0.223. The van der Waals surface area contributed by atoms with Crippen LogP contribution in [-0.4, -0.2) is 12.1 Å². The summed E-state index contributed by atoms with van der Waals surface area (Å²) in [4.78, 5) is 11.9. The van der Waals surface area contributed by atoms with E-state index in [0.29, 0.717) is 0 Å². The number of rotatable bonds is 4. The second-order valence-electron chi connectivity index (χ2n) is 7.38. The summed E-state index contributed by atoms with van der Waals surface area (Å²) in [5, 5.41) is 0. The molecule has 0 bridgehead atoms. The molecule has 0 radical (unpaired) electrons. The summed E-state index contributed by atoms with van der Waals surface area (Å²) in [5.41, 5.74) is 2.30. The van der Waals surface area contributed by atoms with Crippen LogP contribution in [0.15, 0.2) is 60.7 Å². The fourth-order valence-corrected chi connectivity index (χ4v) is 5.10. The first-order chi connectivity index (χ1) is 12.0. The van der Waals surface area contributed by atoms with Gasteiger partial charge in [-0.1, -0.05) is 74.5 Å². The molecule has 1 aliphatic carbocycles. The summed E-state index contributed by atoms with van der Waals surface area (Å²) < 4.78 is 5.93. The van der Waals surface area contributed by atoms with Gasteiger partial charge in [-0.2, -0.15) is 0 Å².